The van der Waals surface area contributed by atoms with Gasteiger partial charge in [0.2, 0.25) is 0 Å². The fraction of sp³-hybridized carbons (Fsp3) is 0.833. The van der Waals surface area contributed by atoms with Crippen molar-refractivity contribution in [3.8, 4) is 0 Å². The number of unbranched alkanes of at least 4 members (excludes halogenated alkanes) is 1. The average molecular weight is 170 g/mol. The van der Waals surface area contributed by atoms with Crippen LogP contribution in [-0.2, 0) is 4.79 Å². The second kappa shape index (κ2) is 8.49. The molecule has 0 radical (unpaired) electrons. The summed E-state index contributed by atoms with van der Waals surface area (Å²) in [7, 11) is 0. The summed E-state index contributed by atoms with van der Waals surface area (Å²) in [6.07, 6.45) is 2.16. The van der Waals surface area contributed by atoms with Crippen molar-refractivity contribution in [3.63, 3.8) is 0 Å². The van der Waals surface area contributed by atoms with Gasteiger partial charge in [0, 0.05) is 0 Å². The third-order valence-corrected chi connectivity index (χ3v) is 1.29. The summed E-state index contributed by atoms with van der Waals surface area (Å²) >= 11 is 0. The van der Waals surface area contributed by atoms with E-state index in [1.807, 2.05) is 0 Å². The molecule has 1 atom stereocenters. The first-order valence-electron chi connectivity index (χ1n) is 3.37. The fourth-order valence-electron chi connectivity index (χ4n) is 0.632. The number of rotatable bonds is 5. The van der Waals surface area contributed by atoms with Crippen molar-refractivity contribution < 1.29 is 9.90 Å². The molecule has 0 fully saturated rings. The maximum absolute atomic E-state index is 10.1. The molecule has 0 aliphatic heterocycles. The van der Waals surface area contributed by atoms with Crippen LogP contribution in [0.5, 0.6) is 0 Å². The van der Waals surface area contributed by atoms with Crippen LogP contribution in [0.4, 0.5) is 0 Å². The van der Waals surface area contributed by atoms with Crippen LogP contribution in [0.2, 0.25) is 0 Å². The van der Waals surface area contributed by atoms with Gasteiger partial charge >= 0.3 is 35.5 Å². The Balaban J connectivity index is 0. The summed E-state index contributed by atoms with van der Waals surface area (Å²) in [5.41, 5.74) is 10.4. The molecule has 0 spiro atoms. The number of carbonyl (C=O) groups is 1. The van der Waals surface area contributed by atoms with Gasteiger partial charge in [-0.05, 0) is 19.4 Å². The third-order valence-electron chi connectivity index (χ3n) is 1.29. The van der Waals surface area contributed by atoms with Crippen molar-refractivity contribution >= 4 is 35.5 Å². The fourth-order valence-corrected chi connectivity index (χ4v) is 0.632. The van der Waals surface area contributed by atoms with Crippen molar-refractivity contribution in [2.75, 3.05) is 6.54 Å². The number of nitrogens with two attached hydrogens (primary N) is 2. The molecule has 5 N–H and O–H groups in total. The molecular weight excluding hydrogens is 155 g/mol. The molecule has 0 aliphatic rings. The van der Waals surface area contributed by atoms with E-state index in [0.29, 0.717) is 13.0 Å². The number of carboxylic acids is 1. The summed E-state index contributed by atoms with van der Waals surface area (Å²) in [6.45, 7) is 0.604. The molecule has 0 aliphatic carbocycles. The summed E-state index contributed by atoms with van der Waals surface area (Å²) in [4.78, 5) is 10.1. The summed E-state index contributed by atoms with van der Waals surface area (Å²) < 4.78 is 0. The first-order valence-corrected chi connectivity index (χ1v) is 3.37. The standard InChI is InChI=1S/C6H14N2O2.Na.H/c7-4-2-1-3-5(8)6(9)10;;/h5H,1-4,7-8H2,(H,9,10);;. The van der Waals surface area contributed by atoms with Crippen LogP contribution in [0.1, 0.15) is 19.3 Å². The topological polar surface area (TPSA) is 89.3 Å². The Morgan fingerprint density at radius 3 is 2.36 bits per heavy atom. The van der Waals surface area contributed by atoms with E-state index in [2.05, 4.69) is 0 Å². The molecule has 11 heavy (non-hydrogen) atoms. The first kappa shape index (κ1) is 13.9. The zero-order valence-corrected chi connectivity index (χ0v) is 5.92. The van der Waals surface area contributed by atoms with E-state index in [1.54, 1.807) is 0 Å². The third kappa shape index (κ3) is 8.29. The number of carboxylic acid groups (broad SMARTS) is 1. The van der Waals surface area contributed by atoms with Crippen LogP contribution in [0.25, 0.3) is 0 Å². The molecule has 0 amide bonds. The Bertz CT molecular complexity index is 111. The van der Waals surface area contributed by atoms with Crippen molar-refractivity contribution in [2.24, 2.45) is 11.5 Å². The van der Waals surface area contributed by atoms with Gasteiger partial charge in [-0.2, -0.15) is 0 Å². The quantitative estimate of drug-likeness (QED) is 0.360. The number of hydrogen-bond acceptors (Lipinski definition) is 3. The minimum absolute atomic E-state index is 0. The summed E-state index contributed by atoms with van der Waals surface area (Å²) in [5.74, 6) is -0.933. The Morgan fingerprint density at radius 2 is 2.00 bits per heavy atom. The zero-order chi connectivity index (χ0) is 7.98. The molecule has 0 heterocycles. The second-order valence-corrected chi connectivity index (χ2v) is 2.23. The van der Waals surface area contributed by atoms with E-state index in [1.165, 1.54) is 0 Å². The Labute approximate surface area is 88.6 Å². The van der Waals surface area contributed by atoms with E-state index in [0.717, 1.165) is 12.8 Å². The van der Waals surface area contributed by atoms with Crippen LogP contribution in [0.3, 0.4) is 0 Å². The van der Waals surface area contributed by atoms with Gasteiger partial charge in [0.05, 0.1) is 0 Å². The molecule has 0 saturated carbocycles. The average Bonchev–Trinajstić information content (AvgIpc) is 1.88. The summed E-state index contributed by atoms with van der Waals surface area (Å²) in [5, 5.41) is 8.33. The van der Waals surface area contributed by atoms with Gasteiger partial charge in [0.1, 0.15) is 6.04 Å². The molecule has 0 saturated heterocycles. The predicted molar refractivity (Wildman–Crippen MR) is 45.7 cm³/mol. The first-order chi connectivity index (χ1) is 4.68. The van der Waals surface area contributed by atoms with Gasteiger partial charge in [-0.1, -0.05) is 6.42 Å². The molecule has 1 unspecified atom stereocenters. The van der Waals surface area contributed by atoms with Crippen LogP contribution >= 0.6 is 0 Å². The number of aliphatic carboxylic acids is 1. The predicted octanol–water partition coefficient (Wildman–Crippen LogP) is -1.12. The van der Waals surface area contributed by atoms with Crippen molar-refractivity contribution in [3.05, 3.63) is 0 Å². The Hall–Kier alpha value is 0.390. The second-order valence-electron chi connectivity index (χ2n) is 2.23. The van der Waals surface area contributed by atoms with Gasteiger partial charge in [0.25, 0.3) is 0 Å². The molecule has 4 nitrogen and oxygen atoms in total. The van der Waals surface area contributed by atoms with E-state index in [4.69, 9.17) is 16.6 Å². The molecule has 0 bridgehead atoms. The molecular formula is C6H15N2NaO2. The monoisotopic (exact) mass is 170 g/mol. The number of hydrogen-bond donors (Lipinski definition) is 3. The van der Waals surface area contributed by atoms with Crippen LogP contribution in [0.15, 0.2) is 0 Å². The zero-order valence-electron chi connectivity index (χ0n) is 5.92. The Morgan fingerprint density at radius 1 is 1.45 bits per heavy atom. The maximum atomic E-state index is 10.1. The van der Waals surface area contributed by atoms with Gasteiger partial charge in [0.15, 0.2) is 0 Å². The van der Waals surface area contributed by atoms with Crippen molar-refractivity contribution in [1.29, 1.82) is 0 Å². The Kier molecular flexibility index (Phi) is 10.8. The van der Waals surface area contributed by atoms with Crippen molar-refractivity contribution in [1.82, 2.24) is 0 Å². The molecule has 0 aromatic rings. The molecule has 0 aromatic carbocycles. The minimum atomic E-state index is -0.933. The molecule has 5 heteroatoms. The van der Waals surface area contributed by atoms with Gasteiger partial charge in [-0.25, -0.2) is 0 Å². The van der Waals surface area contributed by atoms with Crippen molar-refractivity contribution in [2.45, 2.75) is 25.3 Å². The normalized spacial score (nSPS) is 11.8. The van der Waals surface area contributed by atoms with Gasteiger partial charge in [-0.15, -0.1) is 0 Å². The van der Waals surface area contributed by atoms with Gasteiger partial charge in [-0.3, -0.25) is 4.79 Å². The molecule has 62 valence electrons. The van der Waals surface area contributed by atoms with Crippen LogP contribution in [-0.4, -0.2) is 53.2 Å². The van der Waals surface area contributed by atoms with Crippen LogP contribution in [0, 0.1) is 0 Å². The SMILES string of the molecule is NCCCCC(N)C(=O)O.[NaH]. The van der Waals surface area contributed by atoms with Gasteiger partial charge < -0.3 is 16.6 Å². The molecule has 0 aromatic heterocycles. The van der Waals surface area contributed by atoms with E-state index in [-0.39, 0.29) is 29.6 Å². The van der Waals surface area contributed by atoms with E-state index < -0.39 is 12.0 Å². The molecule has 0 rings (SSSR count). The summed E-state index contributed by atoms with van der Waals surface area (Å²) in [6, 6.07) is -0.716. The van der Waals surface area contributed by atoms with E-state index in [9.17, 15) is 4.79 Å². The van der Waals surface area contributed by atoms with Crippen LogP contribution < -0.4 is 11.5 Å². The van der Waals surface area contributed by atoms with E-state index >= 15 is 0 Å².